The van der Waals surface area contributed by atoms with E-state index < -0.39 is 0 Å². The predicted octanol–water partition coefficient (Wildman–Crippen LogP) is 1.79. The molecule has 1 aromatic carbocycles. The molecule has 4 rings (SSSR count). The second-order valence-corrected chi connectivity index (χ2v) is 6.53. The third-order valence-corrected chi connectivity index (χ3v) is 4.58. The summed E-state index contributed by atoms with van der Waals surface area (Å²) in [4.78, 5) is 19.3. The Morgan fingerprint density at radius 1 is 1.04 bits per heavy atom. The Bertz CT molecular complexity index is 966. The van der Waals surface area contributed by atoms with E-state index >= 15 is 0 Å². The number of carbonyl (C=O) groups is 1. The van der Waals surface area contributed by atoms with Gasteiger partial charge in [-0.25, -0.2) is 4.98 Å². The van der Waals surface area contributed by atoms with Crippen molar-refractivity contribution in [2.75, 3.05) is 38.5 Å². The average molecular weight is 351 g/mol. The van der Waals surface area contributed by atoms with Gasteiger partial charge in [0.05, 0.1) is 0 Å². The van der Waals surface area contributed by atoms with Crippen molar-refractivity contribution in [2.45, 2.75) is 0 Å². The number of phenols is 1. The van der Waals surface area contributed by atoms with Gasteiger partial charge in [-0.15, -0.1) is 0 Å². The summed E-state index contributed by atoms with van der Waals surface area (Å²) in [6, 6.07) is 8.80. The number of aromatic nitrogens is 2. The van der Waals surface area contributed by atoms with Crippen LogP contribution in [0.4, 0.5) is 5.82 Å². The molecule has 0 fully saturated rings. The van der Waals surface area contributed by atoms with Crippen molar-refractivity contribution in [2.24, 2.45) is 0 Å². The van der Waals surface area contributed by atoms with Gasteiger partial charge >= 0.3 is 0 Å². The molecule has 7 heteroatoms. The van der Waals surface area contributed by atoms with Crippen LogP contribution in [-0.4, -0.2) is 58.5 Å². The first-order valence-electron chi connectivity index (χ1n) is 8.63. The molecule has 0 atom stereocenters. The van der Waals surface area contributed by atoms with Crippen LogP contribution in [0.15, 0.2) is 42.7 Å². The molecule has 3 aromatic rings. The molecule has 26 heavy (non-hydrogen) atoms. The minimum absolute atomic E-state index is 0.0581. The van der Waals surface area contributed by atoms with Crippen LogP contribution in [0, 0.1) is 0 Å². The Morgan fingerprint density at radius 3 is 2.62 bits per heavy atom. The van der Waals surface area contributed by atoms with Gasteiger partial charge in [-0.1, -0.05) is 0 Å². The molecule has 0 unspecified atom stereocenters. The number of hydrogen-bond acceptors (Lipinski definition) is 5. The van der Waals surface area contributed by atoms with Crippen LogP contribution in [0.2, 0.25) is 0 Å². The number of hydrogen-bond donors (Lipinski definition) is 3. The standard InChI is InChI=1S/C19H21N5O2/c1-23-8-4-20-17-3-7-24-6-2-16(18(24)22-17)13-10-14(12-15(25)11-13)19(26)21-5-9-23/h2-3,6-7,10-12,25H,4-5,8-9H2,1H3,(H,20,22)(H,21,26). The number of nitrogens with one attached hydrogen (secondary N) is 2. The van der Waals surface area contributed by atoms with Crippen LogP contribution in [0.25, 0.3) is 16.8 Å². The van der Waals surface area contributed by atoms with E-state index in [0.29, 0.717) is 12.1 Å². The Balaban J connectivity index is 1.84. The normalized spacial score (nSPS) is 16.0. The molecule has 4 bridgehead atoms. The van der Waals surface area contributed by atoms with Crippen molar-refractivity contribution < 1.29 is 9.90 Å². The molecule has 2 aromatic heterocycles. The number of fused-ring (bicyclic) bond motifs is 4. The number of benzene rings is 1. The SMILES string of the molecule is CN1CCNC(=O)c2cc(O)cc(c2)-c2ccn3ccc(nc23)NCC1. The van der Waals surface area contributed by atoms with Crippen molar-refractivity contribution in [3.63, 3.8) is 0 Å². The predicted molar refractivity (Wildman–Crippen MR) is 101 cm³/mol. The molecule has 0 saturated heterocycles. The summed E-state index contributed by atoms with van der Waals surface area (Å²) in [6.45, 7) is 2.89. The van der Waals surface area contributed by atoms with Crippen LogP contribution in [0.3, 0.4) is 0 Å². The number of anilines is 1. The lowest BCUT2D eigenvalue weighted by Crippen LogP contribution is -2.35. The van der Waals surface area contributed by atoms with E-state index in [1.807, 2.05) is 36.0 Å². The van der Waals surface area contributed by atoms with Crippen LogP contribution in [0.1, 0.15) is 10.4 Å². The van der Waals surface area contributed by atoms with Crippen molar-refractivity contribution in [3.8, 4) is 16.9 Å². The minimum atomic E-state index is -0.194. The minimum Gasteiger partial charge on any atom is -0.508 e. The number of nitrogens with zero attached hydrogens (tertiary/aromatic N) is 3. The van der Waals surface area contributed by atoms with Gasteiger partial charge in [-0.2, -0.15) is 0 Å². The summed E-state index contributed by atoms with van der Waals surface area (Å²) < 4.78 is 1.93. The summed E-state index contributed by atoms with van der Waals surface area (Å²) in [5.41, 5.74) is 2.83. The Labute approximate surface area is 151 Å². The maximum atomic E-state index is 12.5. The summed E-state index contributed by atoms with van der Waals surface area (Å²) in [7, 11) is 2.01. The molecule has 1 aliphatic heterocycles. The van der Waals surface area contributed by atoms with E-state index in [-0.39, 0.29) is 11.7 Å². The van der Waals surface area contributed by atoms with E-state index in [9.17, 15) is 9.90 Å². The first-order valence-corrected chi connectivity index (χ1v) is 8.63. The van der Waals surface area contributed by atoms with Gasteiger partial charge in [0, 0.05) is 49.7 Å². The van der Waals surface area contributed by atoms with E-state index in [1.165, 1.54) is 6.07 Å². The maximum absolute atomic E-state index is 12.5. The molecule has 134 valence electrons. The third kappa shape index (κ3) is 3.21. The van der Waals surface area contributed by atoms with E-state index in [0.717, 1.165) is 42.2 Å². The zero-order chi connectivity index (χ0) is 18.1. The molecule has 0 aliphatic carbocycles. The lowest BCUT2D eigenvalue weighted by molar-refractivity contribution is 0.0949. The number of likely N-dealkylation sites (N-methyl/N-ethyl adjacent to an activating group) is 1. The largest absolute Gasteiger partial charge is 0.508 e. The molecule has 0 spiro atoms. The van der Waals surface area contributed by atoms with Crippen LogP contribution >= 0.6 is 0 Å². The highest BCUT2D eigenvalue weighted by molar-refractivity contribution is 5.96. The number of carbonyl (C=O) groups excluding carboxylic acids is 1. The Hall–Kier alpha value is -3.06. The van der Waals surface area contributed by atoms with Gasteiger partial charge < -0.3 is 25.0 Å². The van der Waals surface area contributed by atoms with Crippen molar-refractivity contribution >= 4 is 17.4 Å². The number of rotatable bonds is 0. The van der Waals surface area contributed by atoms with Gasteiger partial charge in [0.15, 0.2) is 0 Å². The lowest BCUT2D eigenvalue weighted by Gasteiger charge is -2.17. The maximum Gasteiger partial charge on any atom is 0.251 e. The quantitative estimate of drug-likeness (QED) is 0.575. The third-order valence-electron chi connectivity index (χ3n) is 4.58. The molecule has 1 amide bonds. The molecule has 0 radical (unpaired) electrons. The highest BCUT2D eigenvalue weighted by atomic mass is 16.3. The zero-order valence-corrected chi connectivity index (χ0v) is 14.6. The van der Waals surface area contributed by atoms with E-state index in [1.54, 1.807) is 12.1 Å². The highest BCUT2D eigenvalue weighted by Gasteiger charge is 2.14. The van der Waals surface area contributed by atoms with Gasteiger partial charge in [-0.05, 0) is 42.9 Å². The molecule has 0 saturated carbocycles. The van der Waals surface area contributed by atoms with Crippen LogP contribution in [0.5, 0.6) is 5.75 Å². The van der Waals surface area contributed by atoms with Gasteiger partial charge in [0.2, 0.25) is 0 Å². The summed E-state index contributed by atoms with van der Waals surface area (Å²) >= 11 is 0. The summed E-state index contributed by atoms with van der Waals surface area (Å²) in [6.07, 6.45) is 3.87. The fourth-order valence-corrected chi connectivity index (χ4v) is 3.15. The second kappa shape index (κ2) is 6.68. The van der Waals surface area contributed by atoms with Gasteiger partial charge in [0.25, 0.3) is 5.91 Å². The average Bonchev–Trinajstić information content (AvgIpc) is 3.03. The molecule has 3 heterocycles. The number of amides is 1. The van der Waals surface area contributed by atoms with Crippen molar-refractivity contribution in [1.29, 1.82) is 0 Å². The monoisotopic (exact) mass is 351 g/mol. The number of phenolic OH excluding ortho intramolecular Hbond substituents is 1. The molecule has 7 nitrogen and oxygen atoms in total. The molecule has 3 N–H and O–H groups in total. The molecule has 1 aliphatic rings. The first kappa shape index (κ1) is 16.4. The van der Waals surface area contributed by atoms with Crippen molar-refractivity contribution in [3.05, 3.63) is 48.3 Å². The zero-order valence-electron chi connectivity index (χ0n) is 14.6. The van der Waals surface area contributed by atoms with Gasteiger partial charge in [-0.3, -0.25) is 4.79 Å². The smallest absolute Gasteiger partial charge is 0.251 e. The Kier molecular flexibility index (Phi) is 4.22. The van der Waals surface area contributed by atoms with E-state index in [4.69, 9.17) is 4.98 Å². The van der Waals surface area contributed by atoms with Crippen LogP contribution in [-0.2, 0) is 0 Å². The summed E-state index contributed by atoms with van der Waals surface area (Å²) in [5.74, 6) is 0.665. The Morgan fingerprint density at radius 2 is 1.77 bits per heavy atom. The topological polar surface area (TPSA) is 81.9 Å². The summed E-state index contributed by atoms with van der Waals surface area (Å²) in [5, 5.41) is 16.4. The van der Waals surface area contributed by atoms with Gasteiger partial charge in [0.1, 0.15) is 17.2 Å². The highest BCUT2D eigenvalue weighted by Crippen LogP contribution is 2.29. The molecular weight excluding hydrogens is 330 g/mol. The van der Waals surface area contributed by atoms with E-state index in [2.05, 4.69) is 15.5 Å². The van der Waals surface area contributed by atoms with Crippen molar-refractivity contribution in [1.82, 2.24) is 19.6 Å². The van der Waals surface area contributed by atoms with Crippen LogP contribution < -0.4 is 10.6 Å². The lowest BCUT2D eigenvalue weighted by atomic mass is 10.0. The number of aromatic hydroxyl groups is 1. The molecular formula is C19H21N5O2. The fraction of sp³-hybridized carbons (Fsp3) is 0.263. The second-order valence-electron chi connectivity index (χ2n) is 6.53. The first-order chi connectivity index (χ1) is 12.6. The fourth-order valence-electron chi connectivity index (χ4n) is 3.15.